The number of rotatable bonds is 5. The lowest BCUT2D eigenvalue weighted by Crippen LogP contribution is -2.28. The number of halogens is 1. The number of nitrogens with one attached hydrogen (secondary N) is 1. The molecule has 18 heavy (non-hydrogen) atoms. The number of anilines is 1. The number of hydrogen-bond acceptors (Lipinski definition) is 4. The standard InChI is InChI=1S/C11H18BrN3O2S/c1-7(2)15-11(16)10(12)9(5-13-15)14-8(3)6-18(4)17/h5,7-8,14H,6H2,1-4H3. The van der Waals surface area contributed by atoms with Crippen molar-refractivity contribution in [2.24, 2.45) is 0 Å². The number of hydrogen-bond donors (Lipinski definition) is 1. The van der Waals surface area contributed by atoms with E-state index in [9.17, 15) is 9.00 Å². The van der Waals surface area contributed by atoms with Crippen molar-refractivity contribution >= 4 is 32.4 Å². The predicted molar refractivity (Wildman–Crippen MR) is 78.6 cm³/mol. The quantitative estimate of drug-likeness (QED) is 0.890. The molecule has 2 atom stereocenters. The summed E-state index contributed by atoms with van der Waals surface area (Å²) in [5.74, 6) is 0.527. The normalized spacial score (nSPS) is 14.6. The molecule has 2 unspecified atom stereocenters. The molecule has 0 aliphatic carbocycles. The van der Waals surface area contributed by atoms with E-state index in [2.05, 4.69) is 26.3 Å². The molecular formula is C11H18BrN3O2S. The first-order chi connectivity index (χ1) is 8.32. The molecule has 0 radical (unpaired) electrons. The van der Waals surface area contributed by atoms with Gasteiger partial charge in [-0.3, -0.25) is 9.00 Å². The molecule has 0 saturated heterocycles. The van der Waals surface area contributed by atoms with Crippen LogP contribution in [0.3, 0.4) is 0 Å². The average Bonchev–Trinajstić information content (AvgIpc) is 2.23. The molecule has 0 aliphatic rings. The zero-order valence-corrected chi connectivity index (χ0v) is 13.3. The minimum absolute atomic E-state index is 0.0169. The SMILES string of the molecule is CC(CS(C)=O)Nc1cnn(C(C)C)c(=O)c1Br. The minimum atomic E-state index is -0.875. The fourth-order valence-corrected chi connectivity index (χ4v) is 2.76. The largest absolute Gasteiger partial charge is 0.379 e. The Morgan fingerprint density at radius 2 is 2.11 bits per heavy atom. The summed E-state index contributed by atoms with van der Waals surface area (Å²) in [7, 11) is -0.875. The van der Waals surface area contributed by atoms with E-state index in [1.807, 2.05) is 20.8 Å². The van der Waals surface area contributed by atoms with Crippen molar-refractivity contribution < 1.29 is 4.21 Å². The molecule has 0 amide bonds. The second-order valence-corrected chi connectivity index (χ2v) is 6.77. The van der Waals surface area contributed by atoms with Crippen molar-refractivity contribution in [2.45, 2.75) is 32.9 Å². The molecule has 5 nitrogen and oxygen atoms in total. The van der Waals surface area contributed by atoms with Gasteiger partial charge in [0.1, 0.15) is 4.47 Å². The molecular weight excluding hydrogens is 318 g/mol. The van der Waals surface area contributed by atoms with Crippen LogP contribution in [-0.4, -0.2) is 32.0 Å². The van der Waals surface area contributed by atoms with Gasteiger partial charge in [-0.25, -0.2) is 4.68 Å². The van der Waals surface area contributed by atoms with Gasteiger partial charge in [-0.1, -0.05) is 0 Å². The Labute approximate surface area is 118 Å². The maximum absolute atomic E-state index is 12.0. The van der Waals surface area contributed by atoms with Gasteiger partial charge in [-0.2, -0.15) is 5.10 Å². The van der Waals surface area contributed by atoms with Crippen LogP contribution < -0.4 is 10.9 Å². The zero-order valence-electron chi connectivity index (χ0n) is 10.9. The highest BCUT2D eigenvalue weighted by molar-refractivity contribution is 9.10. The molecule has 0 saturated carbocycles. The maximum atomic E-state index is 12.0. The number of nitrogens with zero attached hydrogens (tertiary/aromatic N) is 2. The van der Waals surface area contributed by atoms with Crippen molar-refractivity contribution in [3.8, 4) is 0 Å². The van der Waals surface area contributed by atoms with Crippen molar-refractivity contribution in [1.29, 1.82) is 0 Å². The first kappa shape index (κ1) is 15.4. The van der Waals surface area contributed by atoms with Crippen molar-refractivity contribution in [3.63, 3.8) is 0 Å². The van der Waals surface area contributed by atoms with Crippen LogP contribution in [0.5, 0.6) is 0 Å². The summed E-state index contributed by atoms with van der Waals surface area (Å²) < 4.78 is 13.0. The molecule has 1 rings (SSSR count). The molecule has 1 heterocycles. The molecule has 102 valence electrons. The fourth-order valence-electron chi connectivity index (χ4n) is 1.57. The molecule has 0 bridgehead atoms. The topological polar surface area (TPSA) is 64.0 Å². The lowest BCUT2D eigenvalue weighted by Gasteiger charge is -2.16. The lowest BCUT2D eigenvalue weighted by molar-refractivity contribution is 0.501. The van der Waals surface area contributed by atoms with Crippen LogP contribution in [-0.2, 0) is 10.8 Å². The summed E-state index contributed by atoms with van der Waals surface area (Å²) in [5, 5.41) is 7.24. The third kappa shape index (κ3) is 3.91. The second-order valence-electron chi connectivity index (χ2n) is 4.50. The Balaban J connectivity index is 2.96. The van der Waals surface area contributed by atoms with Crippen LogP contribution in [0.15, 0.2) is 15.5 Å². The van der Waals surface area contributed by atoms with Gasteiger partial charge in [0.15, 0.2) is 0 Å². The van der Waals surface area contributed by atoms with E-state index in [0.29, 0.717) is 15.9 Å². The Kier molecular flexibility index (Phi) is 5.52. The smallest absolute Gasteiger partial charge is 0.283 e. The van der Waals surface area contributed by atoms with E-state index in [1.165, 1.54) is 4.68 Å². The molecule has 1 aromatic rings. The first-order valence-electron chi connectivity index (χ1n) is 5.66. The highest BCUT2D eigenvalue weighted by atomic mass is 79.9. The summed E-state index contributed by atoms with van der Waals surface area (Å²) in [6.07, 6.45) is 3.27. The van der Waals surface area contributed by atoms with E-state index in [0.717, 1.165) is 0 Å². The lowest BCUT2D eigenvalue weighted by atomic mass is 10.3. The predicted octanol–water partition coefficient (Wildman–Crippen LogP) is 1.77. The second kappa shape index (κ2) is 6.47. The van der Waals surface area contributed by atoms with Gasteiger partial charge >= 0.3 is 0 Å². The molecule has 1 aromatic heterocycles. The van der Waals surface area contributed by atoms with Gasteiger partial charge in [0.25, 0.3) is 5.56 Å². The van der Waals surface area contributed by atoms with Crippen molar-refractivity contribution in [1.82, 2.24) is 9.78 Å². The van der Waals surface area contributed by atoms with Crippen LogP contribution in [0.1, 0.15) is 26.8 Å². The molecule has 0 aliphatic heterocycles. The van der Waals surface area contributed by atoms with Crippen LogP contribution in [0.4, 0.5) is 5.69 Å². The Morgan fingerprint density at radius 1 is 1.50 bits per heavy atom. The Morgan fingerprint density at radius 3 is 2.61 bits per heavy atom. The van der Waals surface area contributed by atoms with Gasteiger partial charge in [0.2, 0.25) is 0 Å². The summed E-state index contributed by atoms with van der Waals surface area (Å²) in [5.41, 5.74) is 0.467. The third-order valence-electron chi connectivity index (χ3n) is 2.32. The summed E-state index contributed by atoms with van der Waals surface area (Å²) in [6, 6.07) is 0.0339. The van der Waals surface area contributed by atoms with Gasteiger partial charge in [0.05, 0.1) is 17.9 Å². The molecule has 0 aromatic carbocycles. The van der Waals surface area contributed by atoms with E-state index in [-0.39, 0.29) is 17.6 Å². The summed E-state index contributed by atoms with van der Waals surface area (Å²) >= 11 is 3.28. The molecule has 0 fully saturated rings. The van der Waals surface area contributed by atoms with E-state index in [1.54, 1.807) is 12.5 Å². The minimum Gasteiger partial charge on any atom is -0.379 e. The molecule has 7 heteroatoms. The van der Waals surface area contributed by atoms with Crippen LogP contribution in [0.2, 0.25) is 0 Å². The van der Waals surface area contributed by atoms with Crippen LogP contribution in [0, 0.1) is 0 Å². The van der Waals surface area contributed by atoms with Gasteiger partial charge in [-0.05, 0) is 36.7 Å². The fraction of sp³-hybridized carbons (Fsp3) is 0.636. The first-order valence-corrected chi connectivity index (χ1v) is 8.18. The van der Waals surface area contributed by atoms with Gasteiger partial charge in [0, 0.05) is 28.9 Å². The number of aromatic nitrogens is 2. The highest BCUT2D eigenvalue weighted by Crippen LogP contribution is 2.18. The molecule has 1 N–H and O–H groups in total. The Hall–Kier alpha value is -0.690. The van der Waals surface area contributed by atoms with E-state index < -0.39 is 10.8 Å². The average molecular weight is 336 g/mol. The summed E-state index contributed by atoms with van der Waals surface area (Å²) in [6.45, 7) is 5.72. The Bertz CT molecular complexity index is 502. The monoisotopic (exact) mass is 335 g/mol. The van der Waals surface area contributed by atoms with Crippen LogP contribution >= 0.6 is 15.9 Å². The van der Waals surface area contributed by atoms with Crippen molar-refractivity contribution in [2.75, 3.05) is 17.3 Å². The third-order valence-corrected chi connectivity index (χ3v) is 4.06. The van der Waals surface area contributed by atoms with E-state index in [4.69, 9.17) is 0 Å². The van der Waals surface area contributed by atoms with Crippen LogP contribution in [0.25, 0.3) is 0 Å². The van der Waals surface area contributed by atoms with Crippen molar-refractivity contribution in [3.05, 3.63) is 21.0 Å². The molecule has 0 spiro atoms. The highest BCUT2D eigenvalue weighted by Gasteiger charge is 2.13. The summed E-state index contributed by atoms with van der Waals surface area (Å²) in [4.78, 5) is 12.0. The maximum Gasteiger partial charge on any atom is 0.283 e. The van der Waals surface area contributed by atoms with Gasteiger partial charge < -0.3 is 5.32 Å². The zero-order chi connectivity index (χ0) is 13.9. The van der Waals surface area contributed by atoms with E-state index >= 15 is 0 Å². The van der Waals surface area contributed by atoms with Gasteiger partial charge in [-0.15, -0.1) is 0 Å².